The Kier molecular flexibility index (Phi) is 9.93. The van der Waals surface area contributed by atoms with E-state index in [1.807, 2.05) is 32.0 Å². The first-order chi connectivity index (χ1) is 8.10. The first kappa shape index (κ1) is 17.0. The van der Waals surface area contributed by atoms with Gasteiger partial charge in [0.05, 0.1) is 22.8 Å². The van der Waals surface area contributed by atoms with E-state index in [1.165, 1.54) is 0 Å². The molecule has 0 amide bonds. The topological polar surface area (TPSA) is 37.6 Å². The van der Waals surface area contributed by atoms with Gasteiger partial charge in [0.15, 0.2) is 0 Å². The van der Waals surface area contributed by atoms with Gasteiger partial charge >= 0.3 is 39.6 Å². The van der Waals surface area contributed by atoms with Crippen LogP contribution >= 0.6 is 28.2 Å². The summed E-state index contributed by atoms with van der Waals surface area (Å²) in [5.41, 5.74) is 3.70. The second-order valence-electron chi connectivity index (χ2n) is 3.08. The van der Waals surface area contributed by atoms with Crippen molar-refractivity contribution in [3.8, 4) is 0 Å². The molecule has 0 aliphatic heterocycles. The summed E-state index contributed by atoms with van der Waals surface area (Å²) in [6.07, 6.45) is 0. The van der Waals surface area contributed by atoms with Gasteiger partial charge < -0.3 is 0 Å². The second-order valence-corrected chi connectivity index (χ2v) is 8.65. The van der Waals surface area contributed by atoms with Crippen molar-refractivity contribution >= 4 is 39.6 Å². The zero-order valence-electron chi connectivity index (χ0n) is 10.2. The standard InChI is InChI=1S/C11H15N3.2BrH.Fe/c1-8(12-3)10-6-5-7-11(14-10)9(2)13-4;;;/h5-7H,1-4H3;2*1H;/q;;;+2/p-2. The van der Waals surface area contributed by atoms with E-state index in [0.29, 0.717) is 0 Å². The van der Waals surface area contributed by atoms with Crippen molar-refractivity contribution in [2.45, 2.75) is 13.8 Å². The van der Waals surface area contributed by atoms with E-state index in [2.05, 4.69) is 43.2 Å². The van der Waals surface area contributed by atoms with Gasteiger partial charge in [-0.05, 0) is 26.0 Å². The Hall–Kier alpha value is -0.0305. The van der Waals surface area contributed by atoms with Crippen molar-refractivity contribution in [2.24, 2.45) is 9.98 Å². The minimum atomic E-state index is 0.875. The third kappa shape index (κ3) is 6.46. The van der Waals surface area contributed by atoms with Crippen molar-refractivity contribution in [2.75, 3.05) is 14.1 Å². The summed E-state index contributed by atoms with van der Waals surface area (Å²) in [5, 5.41) is 0. The van der Waals surface area contributed by atoms with Crippen molar-refractivity contribution in [3.63, 3.8) is 0 Å². The number of aromatic nitrogens is 1. The van der Waals surface area contributed by atoms with Crippen LogP contribution in [0, 0.1) is 0 Å². The first-order valence-electron chi connectivity index (χ1n) is 4.80. The van der Waals surface area contributed by atoms with Gasteiger partial charge in [-0.2, -0.15) is 0 Å². The predicted octanol–water partition coefficient (Wildman–Crippen LogP) is 3.65. The molecule has 0 unspecified atom stereocenters. The summed E-state index contributed by atoms with van der Waals surface area (Å²) in [6.45, 7) is 3.90. The van der Waals surface area contributed by atoms with Crippen LogP contribution < -0.4 is 0 Å². The van der Waals surface area contributed by atoms with Gasteiger partial charge in [-0.15, -0.1) is 0 Å². The number of aliphatic imine (C=N–C) groups is 2. The molecular weight excluding hydrogens is 390 g/mol. The number of pyridine rings is 1. The molecule has 0 bridgehead atoms. The maximum atomic E-state index is 4.45. The molecule has 0 aliphatic rings. The quantitative estimate of drug-likeness (QED) is 0.547. The molecule has 0 fully saturated rings. The molecule has 17 heavy (non-hydrogen) atoms. The van der Waals surface area contributed by atoms with Crippen LogP contribution in [0.15, 0.2) is 28.2 Å². The molecule has 0 atom stereocenters. The summed E-state index contributed by atoms with van der Waals surface area (Å²) < 4.78 is 0. The third-order valence-corrected chi connectivity index (χ3v) is 2.16. The van der Waals surface area contributed by atoms with Crippen molar-refractivity contribution in [1.29, 1.82) is 0 Å². The molecule has 0 aliphatic carbocycles. The zero-order chi connectivity index (χ0) is 13.3. The molecule has 0 radical (unpaired) electrons. The van der Waals surface area contributed by atoms with Crippen LogP contribution in [-0.4, -0.2) is 30.5 Å². The Morgan fingerprint density at radius 3 is 1.71 bits per heavy atom. The molecule has 6 heteroatoms. The number of hydrogen-bond acceptors (Lipinski definition) is 3. The van der Waals surface area contributed by atoms with Crippen molar-refractivity contribution in [1.82, 2.24) is 4.98 Å². The molecular formula is C11H15Br2FeN3. The van der Waals surface area contributed by atoms with Crippen LogP contribution in [0.25, 0.3) is 0 Å². The molecule has 3 nitrogen and oxygen atoms in total. The fraction of sp³-hybridized carbons (Fsp3) is 0.364. The Labute approximate surface area is 123 Å². The summed E-state index contributed by atoms with van der Waals surface area (Å²) in [4.78, 5) is 12.7. The van der Waals surface area contributed by atoms with Crippen LogP contribution in [0.4, 0.5) is 0 Å². The Bertz CT molecular complexity index is 372. The van der Waals surface area contributed by atoms with Crippen LogP contribution in [0.3, 0.4) is 0 Å². The monoisotopic (exact) mass is 403 g/mol. The molecule has 96 valence electrons. The molecule has 1 aromatic heterocycles. The van der Waals surface area contributed by atoms with Crippen LogP contribution in [0.5, 0.6) is 0 Å². The van der Waals surface area contributed by atoms with E-state index in [4.69, 9.17) is 0 Å². The van der Waals surface area contributed by atoms with Gasteiger partial charge in [-0.1, -0.05) is 6.07 Å². The Morgan fingerprint density at radius 1 is 1.06 bits per heavy atom. The van der Waals surface area contributed by atoms with Gasteiger partial charge in [0.1, 0.15) is 0 Å². The van der Waals surface area contributed by atoms with Gasteiger partial charge in [0, 0.05) is 14.1 Å². The summed E-state index contributed by atoms with van der Waals surface area (Å²) in [6, 6.07) is 5.88. The van der Waals surface area contributed by atoms with Gasteiger partial charge in [-0.25, -0.2) is 4.98 Å². The van der Waals surface area contributed by atoms with E-state index in [-0.39, 0.29) is 0 Å². The maximum absolute atomic E-state index is 4.45. The van der Waals surface area contributed by atoms with Crippen LogP contribution in [0.1, 0.15) is 25.2 Å². The average molecular weight is 405 g/mol. The van der Waals surface area contributed by atoms with Gasteiger partial charge in [0.2, 0.25) is 0 Å². The number of hydrogen-bond donors (Lipinski definition) is 0. The summed E-state index contributed by atoms with van der Waals surface area (Å²) >= 11 is 7.00. The average Bonchev–Trinajstić information content (AvgIpc) is 2.38. The molecule has 0 saturated heterocycles. The number of halogens is 2. The second kappa shape index (κ2) is 9.94. The van der Waals surface area contributed by atoms with E-state index >= 15 is 0 Å². The molecule has 0 N–H and O–H groups in total. The molecule has 0 spiro atoms. The molecule has 0 saturated carbocycles. The zero-order valence-corrected chi connectivity index (χ0v) is 14.5. The van der Waals surface area contributed by atoms with E-state index in [0.717, 1.165) is 34.2 Å². The predicted molar refractivity (Wildman–Crippen MR) is 78.4 cm³/mol. The van der Waals surface area contributed by atoms with E-state index < -0.39 is 0 Å². The molecule has 1 heterocycles. The van der Waals surface area contributed by atoms with E-state index in [9.17, 15) is 0 Å². The molecule has 1 rings (SSSR count). The Morgan fingerprint density at radius 2 is 1.41 bits per heavy atom. The normalized spacial score (nSPS) is 12.1. The first-order valence-corrected chi connectivity index (χ1v) is 10.3. The summed E-state index contributed by atoms with van der Waals surface area (Å²) in [5.74, 6) is 0. The van der Waals surface area contributed by atoms with Crippen molar-refractivity contribution < 1.29 is 11.3 Å². The van der Waals surface area contributed by atoms with E-state index in [1.54, 1.807) is 14.1 Å². The molecule has 1 aromatic rings. The Balaban J connectivity index is 0.000000770. The van der Waals surface area contributed by atoms with Crippen LogP contribution in [-0.2, 0) is 11.3 Å². The number of rotatable bonds is 2. The fourth-order valence-corrected chi connectivity index (χ4v) is 1.07. The number of nitrogens with zero attached hydrogens (tertiary/aromatic N) is 3. The molecule has 0 aromatic carbocycles. The minimum absolute atomic E-state index is 0.875. The SMILES string of the molecule is CN=C(C)c1cccc(C(C)=NC)n1.[Br][Fe][Br]. The fourth-order valence-electron chi connectivity index (χ4n) is 1.07. The third-order valence-electron chi connectivity index (χ3n) is 2.16. The van der Waals surface area contributed by atoms with Crippen molar-refractivity contribution in [3.05, 3.63) is 29.6 Å². The van der Waals surface area contributed by atoms with Gasteiger partial charge in [-0.3, -0.25) is 9.98 Å². The van der Waals surface area contributed by atoms with Crippen LogP contribution in [0.2, 0.25) is 0 Å². The van der Waals surface area contributed by atoms with Gasteiger partial charge in [0.25, 0.3) is 0 Å². The summed E-state index contributed by atoms with van der Waals surface area (Å²) in [7, 11) is 3.54.